The van der Waals surface area contributed by atoms with Crippen LogP contribution in [0.3, 0.4) is 0 Å². The summed E-state index contributed by atoms with van der Waals surface area (Å²) >= 11 is 3.61. The molecule has 6 rings (SSSR count). The Morgan fingerprint density at radius 1 is 0.971 bits per heavy atom. The summed E-state index contributed by atoms with van der Waals surface area (Å²) in [6.45, 7) is 3.76. The molecule has 1 saturated carbocycles. The first-order valence-corrected chi connectivity index (χ1v) is 14.1. The Morgan fingerprint density at radius 3 is 2.63 bits per heavy atom. The van der Waals surface area contributed by atoms with Gasteiger partial charge in [-0.25, -0.2) is 0 Å². The molecule has 0 spiro atoms. The molecule has 5 nitrogen and oxygen atoms in total. The number of piperazine rings is 1. The number of aromatic amines is 1. The van der Waals surface area contributed by atoms with Gasteiger partial charge in [0.2, 0.25) is 0 Å². The highest BCUT2D eigenvalue weighted by Gasteiger charge is 2.40. The second-order valence-corrected chi connectivity index (χ2v) is 11.4. The molecule has 2 atom stereocenters. The number of rotatable bonds is 5. The van der Waals surface area contributed by atoms with Crippen molar-refractivity contribution < 1.29 is 4.79 Å². The Balaban J connectivity index is 1.23. The molecule has 6 heteroatoms. The summed E-state index contributed by atoms with van der Waals surface area (Å²) in [6.07, 6.45) is 9.88. The molecular weight excluding hydrogens is 500 g/mol. The molecule has 2 aliphatic heterocycles. The SMILES string of the molecule is O=C(C1CCCCC1)C(C1CCc2cc(Br)ccc2N1)N1CCN(c2cccc3[nH]ccc23)CC1. The van der Waals surface area contributed by atoms with Crippen molar-refractivity contribution in [1.29, 1.82) is 0 Å². The predicted molar refractivity (Wildman–Crippen MR) is 147 cm³/mol. The van der Waals surface area contributed by atoms with E-state index in [1.165, 1.54) is 47.1 Å². The van der Waals surface area contributed by atoms with Crippen molar-refractivity contribution in [2.24, 2.45) is 5.92 Å². The predicted octanol–water partition coefficient (Wildman–Crippen LogP) is 6.00. The van der Waals surface area contributed by atoms with Crippen LogP contribution in [0, 0.1) is 5.92 Å². The lowest BCUT2D eigenvalue weighted by molar-refractivity contribution is -0.130. The molecule has 184 valence electrons. The number of fused-ring (bicyclic) bond motifs is 2. The second-order valence-electron chi connectivity index (χ2n) is 10.5. The number of carbonyl (C=O) groups excluding carboxylic acids is 1. The van der Waals surface area contributed by atoms with Crippen LogP contribution < -0.4 is 10.2 Å². The maximum atomic E-state index is 14.0. The van der Waals surface area contributed by atoms with Crippen molar-refractivity contribution in [2.45, 2.75) is 57.0 Å². The van der Waals surface area contributed by atoms with Crippen LogP contribution in [0.5, 0.6) is 0 Å². The summed E-state index contributed by atoms with van der Waals surface area (Å²) in [4.78, 5) is 22.4. The summed E-state index contributed by atoms with van der Waals surface area (Å²) in [6, 6.07) is 15.3. The molecule has 1 aromatic heterocycles. The van der Waals surface area contributed by atoms with Crippen LogP contribution in [0.15, 0.2) is 53.1 Å². The monoisotopic (exact) mass is 534 g/mol. The minimum absolute atomic E-state index is 0.0416. The smallest absolute Gasteiger partial charge is 0.155 e. The number of hydrogen-bond acceptors (Lipinski definition) is 4. The van der Waals surface area contributed by atoms with Crippen LogP contribution in [0.4, 0.5) is 11.4 Å². The number of anilines is 2. The normalized spacial score (nSPS) is 22.5. The summed E-state index contributed by atoms with van der Waals surface area (Å²) in [7, 11) is 0. The Hall–Kier alpha value is -2.31. The number of carbonyl (C=O) groups is 1. The number of nitrogens with zero attached hydrogens (tertiary/aromatic N) is 2. The molecular formula is C29H35BrN4O. The van der Waals surface area contributed by atoms with Gasteiger partial charge in [0.25, 0.3) is 0 Å². The van der Waals surface area contributed by atoms with E-state index in [0.29, 0.717) is 5.78 Å². The number of aromatic nitrogens is 1. The molecule has 1 aliphatic carbocycles. The summed E-state index contributed by atoms with van der Waals surface area (Å²) in [5.74, 6) is 0.720. The average Bonchev–Trinajstić information content (AvgIpc) is 3.39. The number of nitrogens with one attached hydrogen (secondary N) is 2. The van der Waals surface area contributed by atoms with Crippen LogP contribution >= 0.6 is 15.9 Å². The molecule has 2 aromatic carbocycles. The minimum atomic E-state index is -0.0416. The van der Waals surface area contributed by atoms with Gasteiger partial charge in [-0.05, 0) is 67.6 Å². The summed E-state index contributed by atoms with van der Waals surface area (Å²) in [5, 5.41) is 5.09. The highest BCUT2D eigenvalue weighted by atomic mass is 79.9. The van der Waals surface area contributed by atoms with Gasteiger partial charge in [0.1, 0.15) is 0 Å². The Morgan fingerprint density at radius 2 is 1.80 bits per heavy atom. The van der Waals surface area contributed by atoms with Crippen molar-refractivity contribution in [1.82, 2.24) is 9.88 Å². The minimum Gasteiger partial charge on any atom is -0.380 e. The fourth-order valence-corrected chi connectivity index (χ4v) is 6.99. The van der Waals surface area contributed by atoms with Gasteiger partial charge in [-0.15, -0.1) is 0 Å². The molecule has 2 N–H and O–H groups in total. The van der Waals surface area contributed by atoms with Crippen molar-refractivity contribution in [3.8, 4) is 0 Å². The van der Waals surface area contributed by atoms with E-state index in [9.17, 15) is 4.79 Å². The molecule has 0 amide bonds. The maximum Gasteiger partial charge on any atom is 0.155 e. The standard InChI is InChI=1S/C29H35BrN4O/c30-22-10-12-24-21(19-22)9-11-26(32-24)28(29(35)20-5-2-1-3-6-20)34-17-15-33(16-18-34)27-8-4-7-25-23(27)13-14-31-25/h4,7-8,10,12-14,19-20,26,28,31-32H,1-3,5-6,9,11,15-18H2. The first kappa shape index (κ1) is 23.1. The van der Waals surface area contributed by atoms with E-state index < -0.39 is 0 Å². The third kappa shape index (κ3) is 4.63. The van der Waals surface area contributed by atoms with Gasteiger partial charge < -0.3 is 15.2 Å². The van der Waals surface area contributed by atoms with E-state index in [1.807, 2.05) is 6.20 Å². The number of hydrogen-bond donors (Lipinski definition) is 2. The van der Waals surface area contributed by atoms with E-state index in [0.717, 1.165) is 56.3 Å². The highest BCUT2D eigenvalue weighted by Crippen LogP contribution is 2.34. The van der Waals surface area contributed by atoms with E-state index in [-0.39, 0.29) is 18.0 Å². The quantitative estimate of drug-likeness (QED) is 0.421. The van der Waals surface area contributed by atoms with Crippen molar-refractivity contribution >= 4 is 44.0 Å². The molecule has 0 bridgehead atoms. The summed E-state index contributed by atoms with van der Waals surface area (Å²) in [5.41, 5.74) is 5.04. The number of aryl methyl sites for hydroxylation is 1. The van der Waals surface area contributed by atoms with Crippen LogP contribution in [0.1, 0.15) is 44.1 Å². The lowest BCUT2D eigenvalue weighted by Crippen LogP contribution is -2.60. The van der Waals surface area contributed by atoms with E-state index >= 15 is 0 Å². The number of H-pyrrole nitrogens is 1. The highest BCUT2D eigenvalue weighted by molar-refractivity contribution is 9.10. The van der Waals surface area contributed by atoms with Gasteiger partial charge in [-0.3, -0.25) is 9.69 Å². The van der Waals surface area contributed by atoms with Gasteiger partial charge in [-0.2, -0.15) is 0 Å². The number of benzene rings is 2. The van der Waals surface area contributed by atoms with Gasteiger partial charge in [0.15, 0.2) is 5.78 Å². The molecule has 3 aromatic rings. The van der Waals surface area contributed by atoms with Crippen molar-refractivity contribution in [3.63, 3.8) is 0 Å². The molecule has 35 heavy (non-hydrogen) atoms. The molecule has 3 aliphatic rings. The van der Waals surface area contributed by atoms with Crippen LogP contribution in [0.25, 0.3) is 10.9 Å². The zero-order chi connectivity index (χ0) is 23.8. The van der Waals surface area contributed by atoms with Crippen LogP contribution in [0.2, 0.25) is 0 Å². The maximum absolute atomic E-state index is 14.0. The zero-order valence-corrected chi connectivity index (χ0v) is 21.9. The molecule has 0 radical (unpaired) electrons. The van der Waals surface area contributed by atoms with Gasteiger partial charge in [0, 0.05) is 71.1 Å². The number of Topliss-reactive ketones (excluding diaryl/α,β-unsaturated/α-hetero) is 1. The first-order valence-electron chi connectivity index (χ1n) is 13.3. The van der Waals surface area contributed by atoms with Crippen LogP contribution in [-0.4, -0.2) is 53.9 Å². The average molecular weight is 536 g/mol. The lowest BCUT2D eigenvalue weighted by atomic mass is 9.80. The Bertz CT molecular complexity index is 1190. The number of ketones is 1. The summed E-state index contributed by atoms with van der Waals surface area (Å²) < 4.78 is 1.12. The van der Waals surface area contributed by atoms with Gasteiger partial charge in [-0.1, -0.05) is 41.3 Å². The van der Waals surface area contributed by atoms with Gasteiger partial charge >= 0.3 is 0 Å². The molecule has 1 saturated heterocycles. The second kappa shape index (κ2) is 9.98. The lowest BCUT2D eigenvalue weighted by Gasteiger charge is -2.45. The fourth-order valence-electron chi connectivity index (χ4n) is 6.58. The van der Waals surface area contributed by atoms with E-state index in [4.69, 9.17) is 0 Å². The largest absolute Gasteiger partial charge is 0.380 e. The Labute approximate surface area is 216 Å². The van der Waals surface area contributed by atoms with E-state index in [2.05, 4.69) is 78.5 Å². The zero-order valence-electron chi connectivity index (χ0n) is 20.3. The molecule has 2 unspecified atom stereocenters. The van der Waals surface area contributed by atoms with Gasteiger partial charge in [0.05, 0.1) is 6.04 Å². The molecule has 3 heterocycles. The first-order chi connectivity index (χ1) is 17.2. The number of halogens is 1. The third-order valence-electron chi connectivity index (χ3n) is 8.43. The van der Waals surface area contributed by atoms with E-state index in [1.54, 1.807) is 0 Å². The van der Waals surface area contributed by atoms with Crippen molar-refractivity contribution in [2.75, 3.05) is 36.4 Å². The Kier molecular flexibility index (Phi) is 6.59. The molecule has 2 fully saturated rings. The topological polar surface area (TPSA) is 51.4 Å². The third-order valence-corrected chi connectivity index (χ3v) is 8.93. The fraction of sp³-hybridized carbons (Fsp3) is 0.483. The van der Waals surface area contributed by atoms with Crippen molar-refractivity contribution in [3.05, 3.63) is 58.7 Å². The van der Waals surface area contributed by atoms with Crippen LogP contribution in [-0.2, 0) is 11.2 Å².